The van der Waals surface area contributed by atoms with Crippen LogP contribution in [0, 0.1) is 0 Å². The summed E-state index contributed by atoms with van der Waals surface area (Å²) >= 11 is 6.87. The van der Waals surface area contributed by atoms with E-state index < -0.39 is 0 Å². The van der Waals surface area contributed by atoms with Crippen LogP contribution in [-0.4, -0.2) is 4.98 Å². The van der Waals surface area contributed by atoms with Crippen LogP contribution in [0.1, 0.15) is 0 Å². The number of rotatable bonds is 2. The van der Waals surface area contributed by atoms with Gasteiger partial charge in [-0.05, 0) is 22.0 Å². The Bertz CT molecular complexity index is 628. The third kappa shape index (κ3) is 2.34. The van der Waals surface area contributed by atoms with Gasteiger partial charge >= 0.3 is 0 Å². The van der Waals surface area contributed by atoms with E-state index in [0.29, 0.717) is 0 Å². The Labute approximate surface area is 116 Å². The molecule has 0 aliphatic heterocycles. The Balaban J connectivity index is 1.99. The maximum atomic E-state index is 4.67. The fourth-order valence-electron chi connectivity index (χ4n) is 1.55. The molecule has 0 atom stereocenters. The van der Waals surface area contributed by atoms with Gasteiger partial charge in [0.2, 0.25) is 0 Å². The molecule has 84 valence electrons. The van der Waals surface area contributed by atoms with E-state index in [9.17, 15) is 0 Å². The molecule has 0 saturated carbocycles. The second-order valence-corrected chi connectivity index (χ2v) is 6.22. The lowest BCUT2D eigenvalue weighted by molar-refractivity contribution is 1.41. The minimum absolute atomic E-state index is 1.05. The van der Waals surface area contributed by atoms with Gasteiger partial charge in [0.05, 0.1) is 10.6 Å². The van der Waals surface area contributed by atoms with Gasteiger partial charge in [0, 0.05) is 20.8 Å². The van der Waals surface area contributed by atoms with Gasteiger partial charge < -0.3 is 0 Å². The summed E-state index contributed by atoms with van der Waals surface area (Å²) in [6, 6.07) is 12.4. The zero-order valence-electron chi connectivity index (χ0n) is 8.76. The van der Waals surface area contributed by atoms with E-state index in [4.69, 9.17) is 0 Å². The van der Waals surface area contributed by atoms with Crippen LogP contribution >= 0.6 is 38.6 Å². The van der Waals surface area contributed by atoms with Gasteiger partial charge in [0.25, 0.3) is 0 Å². The topological polar surface area (TPSA) is 12.9 Å². The van der Waals surface area contributed by atoms with Crippen molar-refractivity contribution >= 4 is 38.6 Å². The third-order valence-electron chi connectivity index (χ3n) is 2.35. The fraction of sp³-hybridized carbons (Fsp3) is 0. The molecule has 0 saturated heterocycles. The van der Waals surface area contributed by atoms with Gasteiger partial charge in [-0.15, -0.1) is 22.7 Å². The smallest absolute Gasteiger partial charge is 0.134 e. The van der Waals surface area contributed by atoms with Crippen LogP contribution in [0.15, 0.2) is 51.6 Å². The number of aromatic nitrogens is 1. The lowest BCUT2D eigenvalue weighted by Crippen LogP contribution is -1.76. The van der Waals surface area contributed by atoms with Gasteiger partial charge in [-0.3, -0.25) is 0 Å². The van der Waals surface area contributed by atoms with Crippen molar-refractivity contribution in [3.05, 3.63) is 51.6 Å². The standard InChI is InChI=1S/C13H8BrNS2/c14-10-6-12(16-7-10)13-15-11(8-17-13)9-4-2-1-3-5-9/h1-8H. The summed E-state index contributed by atoms with van der Waals surface area (Å²) in [5.74, 6) is 0. The van der Waals surface area contributed by atoms with E-state index in [2.05, 4.69) is 49.9 Å². The van der Waals surface area contributed by atoms with Crippen molar-refractivity contribution in [2.75, 3.05) is 0 Å². The van der Waals surface area contributed by atoms with Crippen LogP contribution < -0.4 is 0 Å². The lowest BCUT2D eigenvalue weighted by atomic mass is 10.2. The Morgan fingerprint density at radius 3 is 2.53 bits per heavy atom. The molecule has 0 N–H and O–H groups in total. The Kier molecular flexibility index (Phi) is 3.09. The van der Waals surface area contributed by atoms with Crippen molar-refractivity contribution in [1.29, 1.82) is 0 Å². The van der Waals surface area contributed by atoms with E-state index >= 15 is 0 Å². The highest BCUT2D eigenvalue weighted by Gasteiger charge is 2.07. The molecule has 4 heteroatoms. The highest BCUT2D eigenvalue weighted by Crippen LogP contribution is 2.34. The first-order valence-electron chi connectivity index (χ1n) is 5.08. The molecule has 0 aliphatic rings. The van der Waals surface area contributed by atoms with Crippen molar-refractivity contribution < 1.29 is 0 Å². The number of hydrogen-bond acceptors (Lipinski definition) is 3. The second-order valence-electron chi connectivity index (χ2n) is 3.53. The van der Waals surface area contributed by atoms with Crippen LogP contribution in [0.5, 0.6) is 0 Å². The summed E-state index contributed by atoms with van der Waals surface area (Å²) in [5.41, 5.74) is 2.22. The van der Waals surface area contributed by atoms with Crippen molar-refractivity contribution in [2.24, 2.45) is 0 Å². The number of hydrogen-bond donors (Lipinski definition) is 0. The maximum Gasteiger partial charge on any atom is 0.134 e. The zero-order chi connectivity index (χ0) is 11.7. The van der Waals surface area contributed by atoms with E-state index in [1.54, 1.807) is 22.7 Å². The third-order valence-corrected chi connectivity index (χ3v) is 5.05. The van der Waals surface area contributed by atoms with Crippen molar-refractivity contribution in [1.82, 2.24) is 4.98 Å². The van der Waals surface area contributed by atoms with E-state index in [1.807, 2.05) is 18.2 Å². The number of thiazole rings is 1. The molecule has 1 nitrogen and oxygen atoms in total. The summed E-state index contributed by atoms with van der Waals surface area (Å²) < 4.78 is 1.12. The first kappa shape index (κ1) is 11.1. The van der Waals surface area contributed by atoms with Gasteiger partial charge in [-0.25, -0.2) is 4.98 Å². The van der Waals surface area contributed by atoms with E-state index in [-0.39, 0.29) is 0 Å². The molecule has 0 amide bonds. The number of benzene rings is 1. The molecular weight excluding hydrogens is 314 g/mol. The highest BCUT2D eigenvalue weighted by molar-refractivity contribution is 9.10. The molecule has 0 bridgehead atoms. The van der Waals surface area contributed by atoms with Crippen LogP contribution in [0.4, 0.5) is 0 Å². The number of thiophene rings is 1. The lowest BCUT2D eigenvalue weighted by Gasteiger charge is -1.93. The minimum Gasteiger partial charge on any atom is -0.235 e. The molecule has 17 heavy (non-hydrogen) atoms. The number of nitrogens with zero attached hydrogens (tertiary/aromatic N) is 1. The van der Waals surface area contributed by atoms with Gasteiger partial charge in [-0.2, -0.15) is 0 Å². The normalized spacial score (nSPS) is 10.6. The summed E-state index contributed by atoms with van der Waals surface area (Å²) in [7, 11) is 0. The monoisotopic (exact) mass is 321 g/mol. The molecule has 3 rings (SSSR count). The van der Waals surface area contributed by atoms with Crippen molar-refractivity contribution in [3.8, 4) is 21.1 Å². The van der Waals surface area contributed by atoms with E-state index in [0.717, 1.165) is 15.2 Å². The summed E-state index contributed by atoms with van der Waals surface area (Å²) in [6.45, 7) is 0. The average Bonchev–Trinajstić information content (AvgIpc) is 2.98. The molecule has 2 heterocycles. The van der Waals surface area contributed by atoms with Crippen LogP contribution in [0.3, 0.4) is 0 Å². The molecule has 1 aromatic carbocycles. The molecular formula is C13H8BrNS2. The summed E-state index contributed by atoms with van der Waals surface area (Å²) in [6.07, 6.45) is 0. The fourth-order valence-corrected chi connectivity index (χ4v) is 3.89. The summed E-state index contributed by atoms with van der Waals surface area (Å²) in [4.78, 5) is 5.88. The SMILES string of the molecule is Brc1csc(-c2nc(-c3ccccc3)cs2)c1. The summed E-state index contributed by atoms with van der Waals surface area (Å²) in [5, 5.41) is 5.27. The predicted molar refractivity (Wildman–Crippen MR) is 78.6 cm³/mol. The Morgan fingerprint density at radius 1 is 1.00 bits per heavy atom. The molecule has 0 spiro atoms. The highest BCUT2D eigenvalue weighted by atomic mass is 79.9. The minimum atomic E-state index is 1.05. The number of halogens is 1. The van der Waals surface area contributed by atoms with Crippen molar-refractivity contribution in [2.45, 2.75) is 0 Å². The second kappa shape index (κ2) is 4.72. The van der Waals surface area contributed by atoms with E-state index in [1.165, 1.54) is 10.4 Å². The largest absolute Gasteiger partial charge is 0.235 e. The van der Waals surface area contributed by atoms with Crippen LogP contribution in [0.25, 0.3) is 21.1 Å². The molecule has 0 unspecified atom stereocenters. The molecule has 0 fully saturated rings. The Hall–Kier alpha value is -0.970. The maximum absolute atomic E-state index is 4.67. The first-order valence-corrected chi connectivity index (χ1v) is 7.63. The van der Waals surface area contributed by atoms with Gasteiger partial charge in [0.1, 0.15) is 5.01 Å². The zero-order valence-corrected chi connectivity index (χ0v) is 12.0. The quantitative estimate of drug-likeness (QED) is 0.624. The van der Waals surface area contributed by atoms with Gasteiger partial charge in [-0.1, -0.05) is 30.3 Å². The first-order chi connectivity index (χ1) is 8.33. The molecule has 3 aromatic rings. The average molecular weight is 322 g/mol. The van der Waals surface area contributed by atoms with Gasteiger partial charge in [0.15, 0.2) is 0 Å². The Morgan fingerprint density at radius 2 is 1.82 bits per heavy atom. The van der Waals surface area contributed by atoms with Crippen LogP contribution in [-0.2, 0) is 0 Å². The molecule has 2 aromatic heterocycles. The molecule has 0 radical (unpaired) electrons. The predicted octanol–water partition coefficient (Wildman–Crippen LogP) is 5.30. The van der Waals surface area contributed by atoms with Crippen LogP contribution in [0.2, 0.25) is 0 Å². The molecule has 0 aliphatic carbocycles. The van der Waals surface area contributed by atoms with Crippen molar-refractivity contribution in [3.63, 3.8) is 0 Å².